The number of halogens is 3. The molecule has 2 aromatic carbocycles. The molecule has 0 unspecified atom stereocenters. The molecule has 2 heterocycles. The molecule has 2 N–H and O–H groups in total. The van der Waals surface area contributed by atoms with E-state index in [4.69, 9.17) is 19.9 Å². The first-order valence-electron chi connectivity index (χ1n) is 12.3. The lowest BCUT2D eigenvalue weighted by Crippen LogP contribution is -2.44. The summed E-state index contributed by atoms with van der Waals surface area (Å²) in [4.78, 5) is 52.2. The van der Waals surface area contributed by atoms with Crippen molar-refractivity contribution in [1.82, 2.24) is 14.0 Å². The number of fused-ring (bicyclic) bond motifs is 1. The molecule has 214 valence electrons. The molecular formula is C26H27F2IN4O7. The smallest absolute Gasteiger partial charge is 0.332 e. The first-order chi connectivity index (χ1) is 19.1. The molecule has 0 bridgehead atoms. The second kappa shape index (κ2) is 12.7. The van der Waals surface area contributed by atoms with Gasteiger partial charge in [0.2, 0.25) is 0 Å². The number of likely N-dealkylation sites (tertiary alicyclic amines) is 1. The van der Waals surface area contributed by atoms with E-state index < -0.39 is 36.8 Å². The van der Waals surface area contributed by atoms with Gasteiger partial charge in [0.05, 0.1) is 24.6 Å². The van der Waals surface area contributed by atoms with Crippen molar-refractivity contribution in [1.29, 1.82) is 0 Å². The fraction of sp³-hybridized carbons (Fsp3) is 0.385. The standard InChI is InChI=1S/C26H27F2IN4O7/c1-38-20-5-2-15(10-21(20)40-14-23(30)34)12-32-24(35)18-11-17(39-13-22(27)28)3-4-19(18)33(26(32)37)16-6-8-31(9-7-16)25(29)36/h2-5,10-11,16,22H,6-9,12-14H2,1H3,(H2,30,34). The maximum atomic E-state index is 13.8. The van der Waals surface area contributed by atoms with Crippen LogP contribution < -0.4 is 31.2 Å². The highest BCUT2D eigenvalue weighted by molar-refractivity contribution is 14.1. The van der Waals surface area contributed by atoms with Gasteiger partial charge >= 0.3 is 5.69 Å². The summed E-state index contributed by atoms with van der Waals surface area (Å²) in [5, 5.41) is 0.123. The van der Waals surface area contributed by atoms with Crippen LogP contribution in [0.2, 0.25) is 0 Å². The summed E-state index contributed by atoms with van der Waals surface area (Å²) in [7, 11) is 1.42. The van der Waals surface area contributed by atoms with Crippen LogP contribution >= 0.6 is 22.6 Å². The molecule has 0 atom stereocenters. The molecule has 1 aromatic heterocycles. The molecule has 14 heteroatoms. The summed E-state index contributed by atoms with van der Waals surface area (Å²) in [6.07, 6.45) is -1.73. The Morgan fingerprint density at radius 2 is 1.80 bits per heavy atom. The van der Waals surface area contributed by atoms with Gasteiger partial charge in [0.1, 0.15) is 12.4 Å². The van der Waals surface area contributed by atoms with Crippen LogP contribution in [0.4, 0.5) is 13.6 Å². The van der Waals surface area contributed by atoms with Gasteiger partial charge in [-0.15, -0.1) is 0 Å². The number of rotatable bonds is 10. The first-order valence-corrected chi connectivity index (χ1v) is 13.4. The van der Waals surface area contributed by atoms with Crippen molar-refractivity contribution in [2.45, 2.75) is 31.9 Å². The van der Waals surface area contributed by atoms with Gasteiger partial charge in [0, 0.05) is 41.7 Å². The molecule has 3 aromatic rings. The molecule has 0 radical (unpaired) electrons. The van der Waals surface area contributed by atoms with Crippen LogP contribution in [-0.4, -0.2) is 63.7 Å². The number of hydrogen-bond donors (Lipinski definition) is 1. The zero-order valence-corrected chi connectivity index (χ0v) is 23.6. The number of hydrogen-bond acceptors (Lipinski definition) is 7. The lowest BCUT2D eigenvalue weighted by atomic mass is 10.0. The maximum absolute atomic E-state index is 13.8. The van der Waals surface area contributed by atoms with Crippen molar-refractivity contribution in [3.8, 4) is 17.2 Å². The molecule has 40 heavy (non-hydrogen) atoms. The molecular weight excluding hydrogens is 645 g/mol. The fourth-order valence-electron chi connectivity index (χ4n) is 4.67. The number of nitrogens with two attached hydrogens (primary N) is 1. The molecule has 0 spiro atoms. The van der Waals surface area contributed by atoms with Gasteiger partial charge in [-0.2, -0.15) is 0 Å². The minimum Gasteiger partial charge on any atom is -0.493 e. The number of ether oxygens (including phenoxy) is 3. The summed E-state index contributed by atoms with van der Waals surface area (Å²) >= 11 is 1.72. The number of benzene rings is 2. The van der Waals surface area contributed by atoms with Crippen LogP contribution in [0.1, 0.15) is 24.4 Å². The van der Waals surface area contributed by atoms with Gasteiger partial charge < -0.3 is 24.8 Å². The van der Waals surface area contributed by atoms with E-state index in [-0.39, 0.29) is 33.4 Å². The van der Waals surface area contributed by atoms with Crippen molar-refractivity contribution in [3.63, 3.8) is 0 Å². The number of piperidine rings is 1. The number of nitrogens with zero attached hydrogens (tertiary/aromatic N) is 3. The maximum Gasteiger partial charge on any atom is 0.332 e. The molecule has 4 rings (SSSR count). The number of primary amides is 1. The third-order valence-corrected chi connectivity index (χ3v) is 7.22. The molecule has 1 saturated heterocycles. The van der Waals surface area contributed by atoms with Gasteiger partial charge in [-0.05, 0) is 48.7 Å². The third-order valence-electron chi connectivity index (χ3n) is 6.53. The van der Waals surface area contributed by atoms with E-state index in [0.29, 0.717) is 42.8 Å². The molecule has 0 aliphatic carbocycles. The topological polar surface area (TPSA) is 135 Å². The van der Waals surface area contributed by atoms with Crippen molar-refractivity contribution in [3.05, 3.63) is 62.8 Å². The van der Waals surface area contributed by atoms with Gasteiger partial charge in [-0.1, -0.05) is 6.07 Å². The minimum absolute atomic E-state index is 0.0681. The Morgan fingerprint density at radius 1 is 1.07 bits per heavy atom. The Bertz CT molecular complexity index is 1530. The van der Waals surface area contributed by atoms with E-state index in [2.05, 4.69) is 0 Å². The Balaban J connectivity index is 1.81. The van der Waals surface area contributed by atoms with Gasteiger partial charge in [-0.25, -0.2) is 13.6 Å². The summed E-state index contributed by atoms with van der Waals surface area (Å²) in [5.74, 6) is -0.100. The summed E-state index contributed by atoms with van der Waals surface area (Å²) in [5.41, 5.74) is 4.83. The second-order valence-corrected chi connectivity index (χ2v) is 10.1. The number of aromatic nitrogens is 2. The van der Waals surface area contributed by atoms with Crippen LogP contribution in [0.15, 0.2) is 46.0 Å². The third kappa shape index (κ3) is 6.54. The van der Waals surface area contributed by atoms with Gasteiger partial charge in [-0.3, -0.25) is 23.5 Å². The van der Waals surface area contributed by atoms with Crippen LogP contribution in [0.3, 0.4) is 0 Å². The lowest BCUT2D eigenvalue weighted by Gasteiger charge is -2.32. The van der Waals surface area contributed by atoms with Crippen LogP contribution in [0.5, 0.6) is 17.2 Å². The average Bonchev–Trinajstić information content (AvgIpc) is 2.93. The number of amides is 2. The lowest BCUT2D eigenvalue weighted by molar-refractivity contribution is -0.119. The monoisotopic (exact) mass is 672 g/mol. The van der Waals surface area contributed by atoms with Crippen molar-refractivity contribution in [2.24, 2.45) is 5.73 Å². The summed E-state index contributed by atoms with van der Waals surface area (Å²) in [6.45, 7) is -0.523. The van der Waals surface area contributed by atoms with E-state index in [1.54, 1.807) is 39.6 Å². The normalized spacial score (nSPS) is 14.0. The highest BCUT2D eigenvalue weighted by atomic mass is 127. The predicted octanol–water partition coefficient (Wildman–Crippen LogP) is 2.92. The molecule has 2 amide bonds. The first kappa shape index (κ1) is 29.3. The second-order valence-electron chi connectivity index (χ2n) is 9.14. The van der Waals surface area contributed by atoms with Crippen molar-refractivity contribution >= 4 is 43.3 Å². The van der Waals surface area contributed by atoms with Crippen molar-refractivity contribution in [2.75, 3.05) is 33.4 Å². The quantitative estimate of drug-likeness (QED) is 0.199. The van der Waals surface area contributed by atoms with Crippen molar-refractivity contribution < 1.29 is 32.6 Å². The molecule has 0 saturated carbocycles. The number of alkyl halides is 2. The highest BCUT2D eigenvalue weighted by Crippen LogP contribution is 2.29. The Morgan fingerprint density at radius 3 is 2.42 bits per heavy atom. The molecule has 1 fully saturated rings. The Kier molecular flexibility index (Phi) is 9.27. The zero-order valence-electron chi connectivity index (χ0n) is 21.5. The van der Waals surface area contributed by atoms with E-state index in [1.807, 2.05) is 0 Å². The largest absolute Gasteiger partial charge is 0.493 e. The van der Waals surface area contributed by atoms with E-state index in [9.17, 15) is 28.0 Å². The minimum atomic E-state index is -2.70. The SMILES string of the molecule is COc1ccc(Cn2c(=O)c3cc(OCC(F)F)ccc3n(C3CCN(C(=O)I)CC3)c2=O)cc1OCC(N)=O. The van der Waals surface area contributed by atoms with Crippen LogP contribution in [0.25, 0.3) is 10.9 Å². The summed E-state index contributed by atoms with van der Waals surface area (Å²) < 4.78 is 43.8. The van der Waals surface area contributed by atoms with Crippen LogP contribution in [-0.2, 0) is 11.3 Å². The number of carbonyl (C=O) groups is 2. The highest BCUT2D eigenvalue weighted by Gasteiger charge is 2.26. The van der Waals surface area contributed by atoms with E-state index in [1.165, 1.54) is 35.9 Å². The molecule has 1 aliphatic heterocycles. The number of carbonyl (C=O) groups excluding carboxylic acids is 2. The fourth-order valence-corrected chi connectivity index (χ4v) is 5.15. The molecule has 1 aliphatic rings. The number of methoxy groups -OCH3 is 1. The Hall–Kier alpha value is -3.69. The molecule has 11 nitrogen and oxygen atoms in total. The van der Waals surface area contributed by atoms with Crippen LogP contribution in [0, 0.1) is 0 Å². The zero-order chi connectivity index (χ0) is 29.0. The summed E-state index contributed by atoms with van der Waals surface area (Å²) in [6, 6.07) is 8.75. The van der Waals surface area contributed by atoms with E-state index >= 15 is 0 Å². The van der Waals surface area contributed by atoms with E-state index in [0.717, 1.165) is 4.57 Å². The predicted molar refractivity (Wildman–Crippen MR) is 150 cm³/mol. The Labute approximate surface area is 240 Å². The van der Waals surface area contributed by atoms with Gasteiger partial charge in [0.25, 0.3) is 21.8 Å². The van der Waals surface area contributed by atoms with Gasteiger partial charge in [0.15, 0.2) is 18.1 Å². The average molecular weight is 672 g/mol.